The SMILES string of the molecule is CCCCCCCNCCCc1cnc[nH]1. The van der Waals surface area contributed by atoms with E-state index in [9.17, 15) is 0 Å². The molecule has 0 aliphatic rings. The Kier molecular flexibility index (Phi) is 7.78. The summed E-state index contributed by atoms with van der Waals surface area (Å²) in [7, 11) is 0. The molecule has 1 aromatic heterocycles. The van der Waals surface area contributed by atoms with Gasteiger partial charge in [0.05, 0.1) is 6.33 Å². The van der Waals surface area contributed by atoms with E-state index in [4.69, 9.17) is 0 Å². The molecule has 2 N–H and O–H groups in total. The molecule has 16 heavy (non-hydrogen) atoms. The Morgan fingerprint density at radius 3 is 2.69 bits per heavy atom. The third-order valence-corrected chi connectivity index (χ3v) is 2.81. The van der Waals surface area contributed by atoms with Crippen LogP contribution in [0.2, 0.25) is 0 Å². The van der Waals surface area contributed by atoms with Crippen LogP contribution in [0.15, 0.2) is 12.5 Å². The first-order chi connectivity index (χ1) is 7.93. The van der Waals surface area contributed by atoms with Gasteiger partial charge in [-0.05, 0) is 32.4 Å². The standard InChI is InChI=1S/C13H25N3/c1-2-3-4-5-6-9-14-10-7-8-13-11-15-12-16-13/h11-12,14H,2-10H2,1H3,(H,15,16). The van der Waals surface area contributed by atoms with Crippen LogP contribution in [0, 0.1) is 0 Å². The molecular formula is C13H25N3. The summed E-state index contributed by atoms with van der Waals surface area (Å²) >= 11 is 0. The maximum absolute atomic E-state index is 4.00. The van der Waals surface area contributed by atoms with Crippen LogP contribution in [-0.4, -0.2) is 23.1 Å². The number of hydrogen-bond acceptors (Lipinski definition) is 2. The Morgan fingerprint density at radius 2 is 1.94 bits per heavy atom. The average Bonchev–Trinajstić information content (AvgIpc) is 2.80. The minimum absolute atomic E-state index is 1.10. The third-order valence-electron chi connectivity index (χ3n) is 2.81. The van der Waals surface area contributed by atoms with E-state index < -0.39 is 0 Å². The lowest BCUT2D eigenvalue weighted by Crippen LogP contribution is -2.17. The topological polar surface area (TPSA) is 40.7 Å². The number of hydrogen-bond donors (Lipinski definition) is 2. The number of nitrogens with zero attached hydrogens (tertiary/aromatic N) is 1. The van der Waals surface area contributed by atoms with Gasteiger partial charge in [-0.15, -0.1) is 0 Å². The van der Waals surface area contributed by atoms with Crippen LogP contribution < -0.4 is 5.32 Å². The van der Waals surface area contributed by atoms with Crippen LogP contribution in [0.5, 0.6) is 0 Å². The summed E-state index contributed by atoms with van der Waals surface area (Å²) in [6.45, 7) is 4.55. The van der Waals surface area contributed by atoms with Gasteiger partial charge in [0.15, 0.2) is 0 Å². The van der Waals surface area contributed by atoms with E-state index in [0.717, 1.165) is 13.0 Å². The average molecular weight is 223 g/mol. The van der Waals surface area contributed by atoms with Crippen LogP contribution in [0.4, 0.5) is 0 Å². The van der Waals surface area contributed by atoms with Crippen molar-refractivity contribution in [3.05, 3.63) is 18.2 Å². The molecule has 1 heterocycles. The molecular weight excluding hydrogens is 198 g/mol. The van der Waals surface area contributed by atoms with E-state index in [1.165, 1.54) is 50.8 Å². The zero-order chi connectivity index (χ0) is 11.5. The monoisotopic (exact) mass is 223 g/mol. The number of H-pyrrole nitrogens is 1. The maximum atomic E-state index is 4.00. The molecule has 0 bridgehead atoms. The molecule has 0 aromatic carbocycles. The van der Waals surface area contributed by atoms with Gasteiger partial charge in [-0.3, -0.25) is 0 Å². The van der Waals surface area contributed by atoms with E-state index in [1.807, 2.05) is 6.20 Å². The number of aryl methyl sites for hydroxylation is 1. The Morgan fingerprint density at radius 1 is 1.12 bits per heavy atom. The van der Waals surface area contributed by atoms with Crippen molar-refractivity contribution in [3.63, 3.8) is 0 Å². The predicted octanol–water partition coefficient (Wildman–Crippen LogP) is 2.90. The van der Waals surface area contributed by atoms with Gasteiger partial charge in [-0.1, -0.05) is 32.6 Å². The Labute approximate surface area is 99.1 Å². The van der Waals surface area contributed by atoms with E-state index in [0.29, 0.717) is 0 Å². The summed E-state index contributed by atoms with van der Waals surface area (Å²) in [6, 6.07) is 0. The molecule has 0 aliphatic heterocycles. The molecule has 3 nitrogen and oxygen atoms in total. The molecule has 0 saturated carbocycles. The van der Waals surface area contributed by atoms with E-state index >= 15 is 0 Å². The Hall–Kier alpha value is -0.830. The predicted molar refractivity (Wildman–Crippen MR) is 68.5 cm³/mol. The molecule has 1 aromatic rings. The van der Waals surface area contributed by atoms with Crippen molar-refractivity contribution in [2.45, 2.75) is 51.9 Å². The fourth-order valence-electron chi connectivity index (χ4n) is 1.80. The molecule has 0 fully saturated rings. The van der Waals surface area contributed by atoms with Crippen molar-refractivity contribution >= 4 is 0 Å². The fourth-order valence-corrected chi connectivity index (χ4v) is 1.80. The van der Waals surface area contributed by atoms with Crippen molar-refractivity contribution in [3.8, 4) is 0 Å². The first-order valence-corrected chi connectivity index (χ1v) is 6.61. The van der Waals surface area contributed by atoms with Gasteiger partial charge in [0.25, 0.3) is 0 Å². The summed E-state index contributed by atoms with van der Waals surface area (Å²) < 4.78 is 0. The smallest absolute Gasteiger partial charge is 0.0921 e. The van der Waals surface area contributed by atoms with Gasteiger partial charge >= 0.3 is 0 Å². The van der Waals surface area contributed by atoms with E-state index in [2.05, 4.69) is 22.2 Å². The third kappa shape index (κ3) is 6.62. The normalized spacial score (nSPS) is 10.8. The van der Waals surface area contributed by atoms with Gasteiger partial charge in [0.1, 0.15) is 0 Å². The number of aromatic amines is 1. The minimum Gasteiger partial charge on any atom is -0.348 e. The second-order valence-corrected chi connectivity index (χ2v) is 4.34. The first kappa shape index (κ1) is 13.2. The number of unbranched alkanes of at least 4 members (excludes halogenated alkanes) is 4. The summed E-state index contributed by atoms with van der Waals surface area (Å²) in [5, 5.41) is 3.49. The molecule has 3 heteroatoms. The van der Waals surface area contributed by atoms with Crippen LogP contribution in [0.3, 0.4) is 0 Å². The van der Waals surface area contributed by atoms with Gasteiger partial charge < -0.3 is 10.3 Å². The molecule has 1 rings (SSSR count). The molecule has 0 unspecified atom stereocenters. The lowest BCUT2D eigenvalue weighted by molar-refractivity contribution is 0.573. The zero-order valence-electron chi connectivity index (χ0n) is 10.5. The number of rotatable bonds is 10. The Bertz CT molecular complexity index is 231. The molecule has 0 spiro atoms. The lowest BCUT2D eigenvalue weighted by atomic mass is 10.1. The molecule has 0 atom stereocenters. The molecule has 0 radical (unpaired) electrons. The number of aromatic nitrogens is 2. The molecule has 0 amide bonds. The highest BCUT2D eigenvalue weighted by Gasteiger charge is 1.93. The Balaban J connectivity index is 1.78. The van der Waals surface area contributed by atoms with Crippen molar-refractivity contribution in [2.24, 2.45) is 0 Å². The highest BCUT2D eigenvalue weighted by Crippen LogP contribution is 2.01. The summed E-state index contributed by atoms with van der Waals surface area (Å²) in [5.74, 6) is 0. The number of imidazole rings is 1. The highest BCUT2D eigenvalue weighted by molar-refractivity contribution is 4.93. The molecule has 92 valence electrons. The molecule has 0 saturated heterocycles. The van der Waals surface area contributed by atoms with Crippen LogP contribution in [-0.2, 0) is 6.42 Å². The van der Waals surface area contributed by atoms with Gasteiger partial charge in [-0.2, -0.15) is 0 Å². The van der Waals surface area contributed by atoms with Gasteiger partial charge in [0, 0.05) is 11.9 Å². The highest BCUT2D eigenvalue weighted by atomic mass is 14.9. The number of nitrogens with one attached hydrogen (secondary N) is 2. The largest absolute Gasteiger partial charge is 0.348 e. The van der Waals surface area contributed by atoms with Crippen molar-refractivity contribution in [1.29, 1.82) is 0 Å². The van der Waals surface area contributed by atoms with Crippen molar-refractivity contribution in [1.82, 2.24) is 15.3 Å². The van der Waals surface area contributed by atoms with Crippen molar-refractivity contribution in [2.75, 3.05) is 13.1 Å². The van der Waals surface area contributed by atoms with Crippen LogP contribution in [0.25, 0.3) is 0 Å². The summed E-state index contributed by atoms with van der Waals surface area (Å²) in [5.41, 5.74) is 1.24. The summed E-state index contributed by atoms with van der Waals surface area (Å²) in [6.07, 6.45) is 12.8. The lowest BCUT2D eigenvalue weighted by Gasteiger charge is -2.03. The van der Waals surface area contributed by atoms with E-state index in [1.54, 1.807) is 6.33 Å². The second-order valence-electron chi connectivity index (χ2n) is 4.34. The van der Waals surface area contributed by atoms with E-state index in [-0.39, 0.29) is 0 Å². The molecule has 0 aliphatic carbocycles. The van der Waals surface area contributed by atoms with Gasteiger partial charge in [0.2, 0.25) is 0 Å². The van der Waals surface area contributed by atoms with Crippen LogP contribution >= 0.6 is 0 Å². The zero-order valence-corrected chi connectivity index (χ0v) is 10.5. The minimum atomic E-state index is 1.10. The van der Waals surface area contributed by atoms with Gasteiger partial charge in [-0.25, -0.2) is 4.98 Å². The first-order valence-electron chi connectivity index (χ1n) is 6.61. The summed E-state index contributed by atoms with van der Waals surface area (Å²) in [4.78, 5) is 7.13. The van der Waals surface area contributed by atoms with Crippen LogP contribution in [0.1, 0.15) is 51.1 Å². The quantitative estimate of drug-likeness (QED) is 0.599. The maximum Gasteiger partial charge on any atom is 0.0921 e. The fraction of sp³-hybridized carbons (Fsp3) is 0.769. The second kappa shape index (κ2) is 9.40. The van der Waals surface area contributed by atoms with Crippen molar-refractivity contribution < 1.29 is 0 Å².